The van der Waals surface area contributed by atoms with Crippen LogP contribution in [0.3, 0.4) is 0 Å². The number of amides is 2. The first-order valence-electron chi connectivity index (χ1n) is 13.2. The second kappa shape index (κ2) is 12.0. The molecule has 0 spiro atoms. The Kier molecular flexibility index (Phi) is 8.05. The van der Waals surface area contributed by atoms with Gasteiger partial charge in [0.2, 0.25) is 11.8 Å². The average Bonchev–Trinajstić information content (AvgIpc) is 3.63. The summed E-state index contributed by atoms with van der Waals surface area (Å²) in [6, 6.07) is 21.6. The predicted octanol–water partition coefficient (Wildman–Crippen LogP) is 4.28. The number of hydrogen-bond donors (Lipinski definition) is 1. The van der Waals surface area contributed by atoms with Crippen molar-refractivity contribution >= 4 is 22.8 Å². The van der Waals surface area contributed by atoms with Crippen molar-refractivity contribution in [3.63, 3.8) is 0 Å². The summed E-state index contributed by atoms with van der Waals surface area (Å²) in [7, 11) is 3.19. The van der Waals surface area contributed by atoms with E-state index in [0.717, 1.165) is 36.8 Å². The lowest BCUT2D eigenvalue weighted by Gasteiger charge is -2.32. The summed E-state index contributed by atoms with van der Waals surface area (Å²) in [5, 5.41) is 11.6. The molecular formula is C30H33N5O4. The topological polar surface area (TPSA) is 98.6 Å². The van der Waals surface area contributed by atoms with Gasteiger partial charge in [0.25, 0.3) is 0 Å². The molecule has 1 aromatic heterocycles. The lowest BCUT2D eigenvalue weighted by Crippen LogP contribution is -2.46. The number of carbonyl (C=O) groups excluding carboxylic acids is 2. The summed E-state index contributed by atoms with van der Waals surface area (Å²) < 4.78 is 12.5. The van der Waals surface area contributed by atoms with Gasteiger partial charge in [-0.1, -0.05) is 54.5 Å². The maximum Gasteiger partial charge on any atom is 0.247 e. The van der Waals surface area contributed by atoms with E-state index in [0.29, 0.717) is 22.6 Å². The molecule has 0 bridgehead atoms. The maximum atomic E-state index is 14.1. The van der Waals surface area contributed by atoms with E-state index in [2.05, 4.69) is 15.6 Å². The van der Waals surface area contributed by atoms with E-state index in [-0.39, 0.29) is 30.9 Å². The normalized spacial score (nSPS) is 14.2. The summed E-state index contributed by atoms with van der Waals surface area (Å²) in [5.74, 6) is 0.815. The number of para-hydroxylation sites is 1. The molecule has 5 rings (SSSR count). The Hall–Kier alpha value is -4.40. The van der Waals surface area contributed by atoms with Gasteiger partial charge in [-0.2, -0.15) is 0 Å². The molecule has 9 nitrogen and oxygen atoms in total. The number of rotatable bonds is 10. The van der Waals surface area contributed by atoms with Crippen LogP contribution in [-0.4, -0.2) is 52.0 Å². The third kappa shape index (κ3) is 6.03. The van der Waals surface area contributed by atoms with Gasteiger partial charge < -0.3 is 19.7 Å². The lowest BCUT2D eigenvalue weighted by atomic mass is 10.0. The molecule has 1 aliphatic carbocycles. The van der Waals surface area contributed by atoms with Crippen LogP contribution in [-0.2, 0) is 22.7 Å². The van der Waals surface area contributed by atoms with Crippen molar-refractivity contribution < 1.29 is 19.1 Å². The Morgan fingerprint density at radius 3 is 2.46 bits per heavy atom. The Labute approximate surface area is 227 Å². The van der Waals surface area contributed by atoms with Gasteiger partial charge in [-0.15, -0.1) is 5.10 Å². The molecule has 1 fully saturated rings. The molecule has 4 aromatic rings. The molecule has 39 heavy (non-hydrogen) atoms. The van der Waals surface area contributed by atoms with Crippen LogP contribution in [0, 0.1) is 0 Å². The predicted molar refractivity (Wildman–Crippen MR) is 147 cm³/mol. The van der Waals surface area contributed by atoms with Crippen molar-refractivity contribution in [2.24, 2.45) is 0 Å². The number of carbonyl (C=O) groups is 2. The van der Waals surface area contributed by atoms with Crippen LogP contribution in [0.5, 0.6) is 11.5 Å². The van der Waals surface area contributed by atoms with Gasteiger partial charge in [-0.05, 0) is 60.4 Å². The number of aromatic nitrogens is 3. The molecular weight excluding hydrogens is 494 g/mol. The molecule has 0 aliphatic heterocycles. The summed E-state index contributed by atoms with van der Waals surface area (Å²) in [5.41, 5.74) is 2.96. The number of methoxy groups -OCH3 is 2. The summed E-state index contributed by atoms with van der Waals surface area (Å²) in [4.78, 5) is 29.7. The number of fused-ring (bicyclic) bond motifs is 1. The van der Waals surface area contributed by atoms with Crippen LogP contribution < -0.4 is 14.8 Å². The Morgan fingerprint density at radius 2 is 1.69 bits per heavy atom. The highest BCUT2D eigenvalue weighted by molar-refractivity contribution is 5.89. The van der Waals surface area contributed by atoms with Crippen LogP contribution in [0.15, 0.2) is 72.8 Å². The number of nitrogens with one attached hydrogen (secondary N) is 1. The second-order valence-electron chi connectivity index (χ2n) is 9.78. The van der Waals surface area contributed by atoms with Crippen LogP contribution in [0.2, 0.25) is 0 Å². The maximum absolute atomic E-state index is 14.1. The lowest BCUT2D eigenvalue weighted by molar-refractivity contribution is -0.142. The molecule has 202 valence electrons. The number of hydrogen-bond acceptors (Lipinski definition) is 6. The first kappa shape index (κ1) is 26.2. The molecule has 1 atom stereocenters. The first-order chi connectivity index (χ1) is 19.1. The number of ether oxygens (including phenoxy) is 2. The van der Waals surface area contributed by atoms with E-state index in [1.165, 1.54) is 0 Å². The summed E-state index contributed by atoms with van der Waals surface area (Å²) >= 11 is 0. The minimum Gasteiger partial charge on any atom is -0.497 e. The number of nitrogens with zero attached hydrogens (tertiary/aromatic N) is 4. The van der Waals surface area contributed by atoms with E-state index in [4.69, 9.17) is 9.47 Å². The molecule has 1 saturated carbocycles. The van der Waals surface area contributed by atoms with Gasteiger partial charge in [0.15, 0.2) is 0 Å². The van der Waals surface area contributed by atoms with E-state index in [1.807, 2.05) is 72.8 Å². The van der Waals surface area contributed by atoms with Gasteiger partial charge in [-0.25, -0.2) is 4.68 Å². The van der Waals surface area contributed by atoms with E-state index in [9.17, 15) is 9.59 Å². The smallest absolute Gasteiger partial charge is 0.247 e. The zero-order valence-electron chi connectivity index (χ0n) is 22.2. The van der Waals surface area contributed by atoms with Gasteiger partial charge in [0.05, 0.1) is 19.7 Å². The van der Waals surface area contributed by atoms with Crippen molar-refractivity contribution in [1.29, 1.82) is 0 Å². The minimum absolute atomic E-state index is 0.0678. The third-order valence-corrected chi connectivity index (χ3v) is 7.18. The highest BCUT2D eigenvalue weighted by Crippen LogP contribution is 2.29. The van der Waals surface area contributed by atoms with Crippen LogP contribution in [0.4, 0.5) is 0 Å². The van der Waals surface area contributed by atoms with Crippen LogP contribution in [0.1, 0.15) is 42.9 Å². The molecule has 0 radical (unpaired) electrons. The van der Waals surface area contributed by atoms with Gasteiger partial charge >= 0.3 is 0 Å². The van der Waals surface area contributed by atoms with Crippen molar-refractivity contribution in [2.75, 3.05) is 14.2 Å². The minimum atomic E-state index is -0.880. The molecule has 0 saturated heterocycles. The highest BCUT2D eigenvalue weighted by atomic mass is 16.5. The molecule has 2 amide bonds. The van der Waals surface area contributed by atoms with Gasteiger partial charge in [0, 0.05) is 12.6 Å². The fourth-order valence-electron chi connectivity index (χ4n) is 5.18. The Morgan fingerprint density at radius 1 is 0.974 bits per heavy atom. The monoisotopic (exact) mass is 527 g/mol. The van der Waals surface area contributed by atoms with Crippen LogP contribution >= 0.6 is 0 Å². The highest BCUT2D eigenvalue weighted by Gasteiger charge is 2.34. The van der Waals surface area contributed by atoms with E-state index in [1.54, 1.807) is 23.8 Å². The summed E-state index contributed by atoms with van der Waals surface area (Å²) in [6.45, 7) is 0.129. The van der Waals surface area contributed by atoms with Crippen molar-refractivity contribution in [3.8, 4) is 11.5 Å². The zero-order chi connectivity index (χ0) is 27.2. The number of benzene rings is 3. The fraction of sp³-hybridized carbons (Fsp3) is 0.333. The Balaban J connectivity index is 1.55. The first-order valence-corrected chi connectivity index (χ1v) is 13.2. The zero-order valence-corrected chi connectivity index (χ0v) is 22.2. The largest absolute Gasteiger partial charge is 0.497 e. The quantitative estimate of drug-likeness (QED) is 0.331. The molecule has 1 heterocycles. The van der Waals surface area contributed by atoms with Gasteiger partial charge in [0.1, 0.15) is 29.6 Å². The van der Waals surface area contributed by atoms with E-state index >= 15 is 0 Å². The molecule has 0 unspecified atom stereocenters. The SMILES string of the molecule is COc1cccc(CN(C(=O)Cn2nnc3ccccc32)[C@H](C(=O)NC2CCCC2)c2cccc(OC)c2)c1. The third-order valence-electron chi connectivity index (χ3n) is 7.18. The van der Waals surface area contributed by atoms with Crippen molar-refractivity contribution in [1.82, 2.24) is 25.2 Å². The van der Waals surface area contributed by atoms with Gasteiger partial charge in [-0.3, -0.25) is 9.59 Å². The van der Waals surface area contributed by atoms with Crippen molar-refractivity contribution in [3.05, 3.63) is 83.9 Å². The van der Waals surface area contributed by atoms with E-state index < -0.39 is 6.04 Å². The molecule has 1 aliphatic rings. The van der Waals surface area contributed by atoms with Crippen molar-refractivity contribution in [2.45, 2.75) is 50.9 Å². The molecule has 9 heteroatoms. The van der Waals surface area contributed by atoms with Crippen LogP contribution in [0.25, 0.3) is 11.0 Å². The standard InChI is InChI=1S/C30H33N5O4/c1-38-24-13-7-9-21(17-24)19-34(28(36)20-35-27-16-6-5-15-26(27)32-33-35)29(22-10-8-14-25(18-22)39-2)30(37)31-23-11-3-4-12-23/h5-10,13-18,23,29H,3-4,11-12,19-20H2,1-2H3,(H,31,37)/t29-/m0/s1. The molecule has 3 aromatic carbocycles. The second-order valence-corrected chi connectivity index (χ2v) is 9.78. The summed E-state index contributed by atoms with van der Waals surface area (Å²) in [6.07, 6.45) is 4.04. The Bertz CT molecular complexity index is 1450. The fourth-order valence-corrected chi connectivity index (χ4v) is 5.18. The average molecular weight is 528 g/mol. The molecule has 1 N–H and O–H groups in total.